The Morgan fingerprint density at radius 2 is 2.00 bits per heavy atom. The van der Waals surface area contributed by atoms with Gasteiger partial charge < -0.3 is 15.8 Å². The summed E-state index contributed by atoms with van der Waals surface area (Å²) in [7, 11) is 1.68. The van der Waals surface area contributed by atoms with Crippen LogP contribution in [0.2, 0.25) is 0 Å². The third-order valence-corrected chi connectivity index (χ3v) is 2.83. The van der Waals surface area contributed by atoms with Gasteiger partial charge in [0.05, 0.1) is 0 Å². The van der Waals surface area contributed by atoms with E-state index in [4.69, 9.17) is 10.5 Å². The minimum absolute atomic E-state index is 0.226. The number of carbonyl (C=O) groups excluding carboxylic acids is 1. The molecule has 0 heterocycles. The number of carbonyl (C=O) groups is 1. The third kappa shape index (κ3) is 2.78. The Morgan fingerprint density at radius 3 is 2.67 bits per heavy atom. The average Bonchev–Trinajstić information content (AvgIpc) is 2.39. The van der Waals surface area contributed by atoms with Crippen LogP contribution in [0.25, 0.3) is 10.8 Å². The second-order valence-electron chi connectivity index (χ2n) is 4.06. The minimum Gasteiger partial charge on any atom is -0.491 e. The van der Waals surface area contributed by atoms with E-state index < -0.39 is 11.9 Å². The highest BCUT2D eigenvalue weighted by Crippen LogP contribution is 2.20. The molecule has 4 nitrogen and oxygen atoms in total. The van der Waals surface area contributed by atoms with Crippen LogP contribution in [0.5, 0.6) is 5.75 Å². The van der Waals surface area contributed by atoms with Crippen molar-refractivity contribution in [2.24, 2.45) is 5.73 Å². The number of primary amides is 1. The molecule has 1 unspecified atom stereocenters. The average molecular weight is 244 g/mol. The highest BCUT2D eigenvalue weighted by Gasteiger charge is 2.13. The van der Waals surface area contributed by atoms with Crippen LogP contribution in [0.4, 0.5) is 0 Å². The highest BCUT2D eigenvalue weighted by molar-refractivity contribution is 5.83. The lowest BCUT2D eigenvalue weighted by atomic mass is 10.1. The smallest absolute Gasteiger partial charge is 0.238 e. The molecule has 0 aromatic heterocycles. The number of amides is 1. The van der Waals surface area contributed by atoms with Gasteiger partial charge in [-0.05, 0) is 30.0 Å². The topological polar surface area (TPSA) is 64.3 Å². The summed E-state index contributed by atoms with van der Waals surface area (Å²) < 4.78 is 5.57. The van der Waals surface area contributed by atoms with Gasteiger partial charge in [-0.15, -0.1) is 0 Å². The summed E-state index contributed by atoms with van der Waals surface area (Å²) in [6.07, 6.45) is 0. The van der Waals surface area contributed by atoms with Gasteiger partial charge in [0.2, 0.25) is 5.91 Å². The molecule has 0 aliphatic heterocycles. The first-order valence-corrected chi connectivity index (χ1v) is 5.79. The number of benzene rings is 2. The molecule has 0 bridgehead atoms. The van der Waals surface area contributed by atoms with E-state index in [0.717, 1.165) is 16.5 Å². The quantitative estimate of drug-likeness (QED) is 0.833. The van der Waals surface area contributed by atoms with Crippen molar-refractivity contribution in [3.05, 3.63) is 42.5 Å². The van der Waals surface area contributed by atoms with E-state index in [1.807, 2.05) is 42.5 Å². The maximum absolute atomic E-state index is 11.0. The molecule has 0 fully saturated rings. The van der Waals surface area contributed by atoms with E-state index in [9.17, 15) is 4.79 Å². The monoisotopic (exact) mass is 244 g/mol. The lowest BCUT2D eigenvalue weighted by molar-refractivity contribution is -0.120. The second-order valence-corrected chi connectivity index (χ2v) is 4.06. The summed E-state index contributed by atoms with van der Waals surface area (Å²) in [6.45, 7) is 0.226. The predicted molar refractivity (Wildman–Crippen MR) is 71.5 cm³/mol. The van der Waals surface area contributed by atoms with E-state index >= 15 is 0 Å². The van der Waals surface area contributed by atoms with Crippen LogP contribution >= 0.6 is 0 Å². The number of nitrogens with one attached hydrogen (secondary N) is 1. The van der Waals surface area contributed by atoms with Crippen molar-refractivity contribution >= 4 is 16.7 Å². The van der Waals surface area contributed by atoms with Gasteiger partial charge >= 0.3 is 0 Å². The van der Waals surface area contributed by atoms with E-state index in [2.05, 4.69) is 5.32 Å². The fourth-order valence-electron chi connectivity index (χ4n) is 1.74. The molecule has 0 spiro atoms. The first kappa shape index (κ1) is 12.4. The summed E-state index contributed by atoms with van der Waals surface area (Å²) in [5.74, 6) is 0.313. The van der Waals surface area contributed by atoms with Crippen molar-refractivity contribution in [1.82, 2.24) is 5.32 Å². The van der Waals surface area contributed by atoms with Crippen LogP contribution in [0.15, 0.2) is 42.5 Å². The summed E-state index contributed by atoms with van der Waals surface area (Å²) in [5.41, 5.74) is 5.22. The molecule has 94 valence electrons. The number of hydrogen-bond acceptors (Lipinski definition) is 3. The van der Waals surface area contributed by atoms with Gasteiger partial charge in [0, 0.05) is 0 Å². The molecule has 0 radical (unpaired) electrons. The Bertz CT molecular complexity index is 554. The molecule has 4 heteroatoms. The third-order valence-electron chi connectivity index (χ3n) is 2.83. The number of hydrogen-bond donors (Lipinski definition) is 2. The molecule has 0 aliphatic rings. The van der Waals surface area contributed by atoms with E-state index in [0.29, 0.717) is 0 Å². The zero-order valence-corrected chi connectivity index (χ0v) is 10.2. The summed E-state index contributed by atoms with van der Waals surface area (Å²) >= 11 is 0. The fraction of sp³-hybridized carbons (Fsp3) is 0.214. The molecule has 0 aliphatic carbocycles. The molecule has 3 N–H and O–H groups in total. The fourth-order valence-corrected chi connectivity index (χ4v) is 1.74. The predicted octanol–water partition coefficient (Wildman–Crippen LogP) is 1.29. The van der Waals surface area contributed by atoms with E-state index in [-0.39, 0.29) is 6.61 Å². The highest BCUT2D eigenvalue weighted by atomic mass is 16.5. The molecule has 1 atom stereocenters. The van der Waals surface area contributed by atoms with Gasteiger partial charge in [0.15, 0.2) is 0 Å². The van der Waals surface area contributed by atoms with Crippen molar-refractivity contribution in [3.63, 3.8) is 0 Å². The van der Waals surface area contributed by atoms with Crippen molar-refractivity contribution in [3.8, 4) is 5.75 Å². The Morgan fingerprint density at radius 1 is 1.28 bits per heavy atom. The number of nitrogens with two attached hydrogens (primary N) is 1. The van der Waals surface area contributed by atoms with Gasteiger partial charge in [-0.25, -0.2) is 0 Å². The van der Waals surface area contributed by atoms with Crippen molar-refractivity contribution in [2.45, 2.75) is 6.04 Å². The largest absolute Gasteiger partial charge is 0.491 e. The molecular formula is C14H16N2O2. The van der Waals surface area contributed by atoms with E-state index in [1.54, 1.807) is 7.05 Å². The molecule has 2 aromatic carbocycles. The SMILES string of the molecule is CNC(COc1ccc2ccccc2c1)C(N)=O. The molecule has 0 saturated heterocycles. The Kier molecular flexibility index (Phi) is 3.79. The van der Waals surface area contributed by atoms with Crippen molar-refractivity contribution in [2.75, 3.05) is 13.7 Å². The molecular weight excluding hydrogens is 228 g/mol. The van der Waals surface area contributed by atoms with Crippen LogP contribution < -0.4 is 15.8 Å². The summed E-state index contributed by atoms with van der Waals surface area (Å²) in [4.78, 5) is 11.0. The molecule has 0 saturated carbocycles. The van der Waals surface area contributed by atoms with Crippen LogP contribution in [-0.4, -0.2) is 25.6 Å². The number of fused-ring (bicyclic) bond motifs is 1. The zero-order valence-electron chi connectivity index (χ0n) is 10.2. The molecule has 2 aromatic rings. The standard InChI is InChI=1S/C14H16N2O2/c1-16-13(14(15)17)9-18-12-7-6-10-4-2-3-5-11(10)8-12/h2-8,13,16H,9H2,1H3,(H2,15,17). The normalized spacial score (nSPS) is 12.3. The Balaban J connectivity index is 2.10. The lowest BCUT2D eigenvalue weighted by Gasteiger charge is -2.13. The Hall–Kier alpha value is -2.07. The molecule has 1 amide bonds. The van der Waals surface area contributed by atoms with Gasteiger partial charge in [-0.3, -0.25) is 4.79 Å². The first-order valence-electron chi connectivity index (χ1n) is 5.79. The second kappa shape index (κ2) is 5.51. The molecule has 18 heavy (non-hydrogen) atoms. The number of likely N-dealkylation sites (N-methyl/N-ethyl adjacent to an activating group) is 1. The summed E-state index contributed by atoms with van der Waals surface area (Å²) in [5, 5.41) is 5.07. The maximum atomic E-state index is 11.0. The van der Waals surface area contributed by atoms with Crippen LogP contribution in [-0.2, 0) is 4.79 Å². The zero-order chi connectivity index (χ0) is 13.0. The number of rotatable bonds is 5. The molecule has 2 rings (SSSR count). The Labute approximate surface area is 106 Å². The van der Waals surface area contributed by atoms with Crippen molar-refractivity contribution < 1.29 is 9.53 Å². The first-order chi connectivity index (χ1) is 8.70. The van der Waals surface area contributed by atoms with Gasteiger partial charge in [0.25, 0.3) is 0 Å². The van der Waals surface area contributed by atoms with Gasteiger partial charge in [-0.2, -0.15) is 0 Å². The van der Waals surface area contributed by atoms with Crippen LogP contribution in [0.3, 0.4) is 0 Å². The lowest BCUT2D eigenvalue weighted by Crippen LogP contribution is -2.43. The maximum Gasteiger partial charge on any atom is 0.238 e. The van der Waals surface area contributed by atoms with Crippen molar-refractivity contribution in [1.29, 1.82) is 0 Å². The summed E-state index contributed by atoms with van der Waals surface area (Å²) in [6, 6.07) is 13.4. The number of ether oxygens (including phenoxy) is 1. The van der Waals surface area contributed by atoms with Crippen LogP contribution in [0.1, 0.15) is 0 Å². The van der Waals surface area contributed by atoms with Crippen LogP contribution in [0, 0.1) is 0 Å². The van der Waals surface area contributed by atoms with Gasteiger partial charge in [0.1, 0.15) is 18.4 Å². The van der Waals surface area contributed by atoms with Gasteiger partial charge in [-0.1, -0.05) is 30.3 Å². The minimum atomic E-state index is -0.475. The van der Waals surface area contributed by atoms with E-state index in [1.165, 1.54) is 0 Å².